The Hall–Kier alpha value is -0.0100. The minimum absolute atomic E-state index is 0.233. The summed E-state index contributed by atoms with van der Waals surface area (Å²) in [5.41, 5.74) is 0. The number of ether oxygens (including phenoxy) is 2. The van der Waals surface area contributed by atoms with Gasteiger partial charge in [0.2, 0.25) is 0 Å². The van der Waals surface area contributed by atoms with Crippen molar-refractivity contribution in [2.75, 3.05) is 18.6 Å². The zero-order valence-electron chi connectivity index (χ0n) is 8.02. The van der Waals surface area contributed by atoms with Gasteiger partial charge >= 0.3 is 0 Å². The van der Waals surface area contributed by atoms with Gasteiger partial charge in [-0.05, 0) is 13.8 Å². The molecule has 1 fully saturated rings. The summed E-state index contributed by atoms with van der Waals surface area (Å²) < 4.78 is 39.8. The Morgan fingerprint density at radius 3 is 2.38 bits per heavy atom. The molecule has 1 unspecified atom stereocenters. The Kier molecular flexibility index (Phi) is 2.33. The molecule has 0 aromatic heterocycles. The third kappa shape index (κ3) is 4.15. The van der Waals surface area contributed by atoms with Crippen LogP contribution >= 0.6 is 0 Å². The second-order valence-corrected chi connectivity index (χ2v) is 7.23. The molecule has 1 heterocycles. The van der Waals surface area contributed by atoms with Gasteiger partial charge in [-0.1, -0.05) is 0 Å². The quantitative estimate of drug-likeness (QED) is 0.698. The van der Waals surface area contributed by atoms with Gasteiger partial charge in [0.05, 0.1) is 28.1 Å². The first-order valence-corrected chi connectivity index (χ1v) is 6.44. The standard InChI is InChI=1S/C7H16O5S/c1-7(2)11-4-6(12-7)5-13(3,8,9)10/h6H,4-5H2,1-3H3,(H2,8,9,10). The number of rotatable bonds is 2. The van der Waals surface area contributed by atoms with E-state index in [0.29, 0.717) is 0 Å². The van der Waals surface area contributed by atoms with Gasteiger partial charge in [-0.2, -0.15) is 0 Å². The Labute approximate surface area is 77.5 Å². The van der Waals surface area contributed by atoms with E-state index in [0.717, 1.165) is 6.26 Å². The zero-order valence-corrected chi connectivity index (χ0v) is 8.84. The van der Waals surface area contributed by atoms with Crippen molar-refractivity contribution in [1.29, 1.82) is 0 Å². The topological polar surface area (TPSA) is 76.0 Å². The molecule has 0 bridgehead atoms. The molecule has 6 heteroatoms. The first-order chi connectivity index (χ1) is 5.54. The lowest BCUT2D eigenvalue weighted by atomic mass is 10.4. The molecule has 2 N–H and O–H groups in total. The van der Waals surface area contributed by atoms with E-state index in [-0.39, 0.29) is 12.4 Å². The van der Waals surface area contributed by atoms with Crippen LogP contribution in [-0.2, 0) is 19.1 Å². The molecule has 0 amide bonds. The summed E-state index contributed by atoms with van der Waals surface area (Å²) in [4.78, 5) is 0. The summed E-state index contributed by atoms with van der Waals surface area (Å²) >= 11 is 0. The molecule has 0 spiro atoms. The van der Waals surface area contributed by atoms with Gasteiger partial charge < -0.3 is 18.6 Å². The third-order valence-electron chi connectivity index (χ3n) is 1.64. The highest BCUT2D eigenvalue weighted by Gasteiger charge is 2.38. The average Bonchev–Trinajstić information content (AvgIpc) is 2.02. The lowest BCUT2D eigenvalue weighted by Gasteiger charge is -2.28. The van der Waals surface area contributed by atoms with Gasteiger partial charge in [-0.15, -0.1) is 0 Å². The summed E-state index contributed by atoms with van der Waals surface area (Å²) in [5.74, 6) is -1.03. The predicted molar refractivity (Wildman–Crippen MR) is 49.1 cm³/mol. The van der Waals surface area contributed by atoms with E-state index in [1.54, 1.807) is 13.8 Å². The molecule has 80 valence electrons. The smallest absolute Gasteiger partial charge is 0.163 e. The van der Waals surface area contributed by atoms with Crippen LogP contribution in [0, 0.1) is 0 Å². The summed E-state index contributed by atoms with van der Waals surface area (Å²) in [6.45, 7) is 3.67. The van der Waals surface area contributed by atoms with Crippen LogP contribution in [0.25, 0.3) is 0 Å². The predicted octanol–water partition coefficient (Wildman–Crippen LogP) is 0.534. The molecule has 13 heavy (non-hydrogen) atoms. The summed E-state index contributed by atoms with van der Waals surface area (Å²) in [7, 11) is -4.46. The molecule has 0 saturated carbocycles. The van der Waals surface area contributed by atoms with Crippen molar-refractivity contribution >= 4 is 9.63 Å². The van der Waals surface area contributed by atoms with E-state index in [4.69, 9.17) is 18.6 Å². The largest absolute Gasteiger partial charge is 0.348 e. The van der Waals surface area contributed by atoms with Crippen LogP contribution in [0.5, 0.6) is 0 Å². The fraction of sp³-hybridized carbons (Fsp3) is 1.00. The lowest BCUT2D eigenvalue weighted by molar-refractivity contribution is -0.135. The van der Waals surface area contributed by atoms with Crippen molar-refractivity contribution in [3.63, 3.8) is 0 Å². The Morgan fingerprint density at radius 1 is 1.54 bits per heavy atom. The second-order valence-electron chi connectivity index (χ2n) is 4.04. The van der Waals surface area contributed by atoms with Crippen molar-refractivity contribution in [2.24, 2.45) is 0 Å². The first kappa shape index (κ1) is 11.1. The maximum absolute atomic E-state index is 11.1. The number of hydrogen-bond donors (Lipinski definition) is 2. The van der Waals surface area contributed by atoms with E-state index >= 15 is 0 Å². The molecular formula is C7H16O5S. The molecule has 1 atom stereocenters. The van der Waals surface area contributed by atoms with E-state index < -0.39 is 21.5 Å². The zero-order chi connectivity index (χ0) is 10.4. The second kappa shape index (κ2) is 2.74. The molecule has 0 aromatic carbocycles. The van der Waals surface area contributed by atoms with Gasteiger partial charge in [-0.25, -0.2) is 4.21 Å². The van der Waals surface area contributed by atoms with Crippen LogP contribution in [0.3, 0.4) is 0 Å². The summed E-state index contributed by atoms with van der Waals surface area (Å²) in [6.07, 6.45) is 0.390. The maximum atomic E-state index is 11.1. The highest BCUT2D eigenvalue weighted by molar-refractivity contribution is 8.09. The van der Waals surface area contributed by atoms with Crippen molar-refractivity contribution in [1.82, 2.24) is 0 Å². The van der Waals surface area contributed by atoms with Crippen molar-refractivity contribution in [3.05, 3.63) is 0 Å². The molecule has 1 saturated heterocycles. The van der Waals surface area contributed by atoms with Crippen molar-refractivity contribution in [2.45, 2.75) is 25.7 Å². The first-order valence-electron chi connectivity index (χ1n) is 3.98. The van der Waals surface area contributed by atoms with E-state index in [1.165, 1.54) is 0 Å². The molecule has 1 aliphatic rings. The van der Waals surface area contributed by atoms with Crippen LogP contribution in [0.4, 0.5) is 0 Å². The lowest BCUT2D eigenvalue weighted by Crippen LogP contribution is -2.40. The van der Waals surface area contributed by atoms with Gasteiger partial charge in [-0.3, -0.25) is 0 Å². The molecule has 1 rings (SSSR count). The van der Waals surface area contributed by atoms with Crippen molar-refractivity contribution < 1.29 is 22.8 Å². The third-order valence-corrected chi connectivity index (χ3v) is 2.78. The van der Waals surface area contributed by atoms with Crippen LogP contribution in [-0.4, -0.2) is 43.8 Å². The minimum Gasteiger partial charge on any atom is -0.348 e. The minimum atomic E-state index is -4.46. The Bertz CT molecular complexity index is 255. The van der Waals surface area contributed by atoms with Gasteiger partial charge in [0, 0.05) is 6.26 Å². The summed E-state index contributed by atoms with van der Waals surface area (Å²) in [5, 5.41) is 0. The van der Waals surface area contributed by atoms with Gasteiger partial charge in [0.1, 0.15) is 0 Å². The van der Waals surface area contributed by atoms with Gasteiger partial charge in [0.25, 0.3) is 0 Å². The van der Waals surface area contributed by atoms with E-state index in [1.807, 2.05) is 0 Å². The summed E-state index contributed by atoms with van der Waals surface area (Å²) in [6, 6.07) is 0. The van der Waals surface area contributed by atoms with E-state index in [2.05, 4.69) is 0 Å². The van der Waals surface area contributed by atoms with Crippen molar-refractivity contribution in [3.8, 4) is 0 Å². The fourth-order valence-corrected chi connectivity index (χ4v) is 2.29. The monoisotopic (exact) mass is 212 g/mol. The highest BCUT2D eigenvalue weighted by Crippen LogP contribution is 2.26. The molecule has 0 radical (unpaired) electrons. The van der Waals surface area contributed by atoms with Crippen LogP contribution in [0.15, 0.2) is 0 Å². The molecule has 1 aliphatic heterocycles. The molecule has 0 aromatic rings. The Morgan fingerprint density at radius 2 is 2.08 bits per heavy atom. The van der Waals surface area contributed by atoms with Gasteiger partial charge in [0.15, 0.2) is 5.79 Å². The van der Waals surface area contributed by atoms with E-state index in [9.17, 15) is 4.21 Å². The molecule has 0 aliphatic carbocycles. The fourth-order valence-electron chi connectivity index (χ4n) is 1.27. The SMILES string of the molecule is CC1(C)OCC(CS(C)(=O)(O)O)O1. The van der Waals surface area contributed by atoms with Crippen LogP contribution in [0.1, 0.15) is 13.8 Å². The molecular weight excluding hydrogens is 196 g/mol. The molecule has 5 nitrogen and oxygen atoms in total. The van der Waals surface area contributed by atoms with Crippen LogP contribution in [0.2, 0.25) is 0 Å². The normalized spacial score (nSPS) is 31.2. The van der Waals surface area contributed by atoms with Crippen LogP contribution < -0.4 is 0 Å². The maximum Gasteiger partial charge on any atom is 0.163 e. The Balaban J connectivity index is 2.56. The highest BCUT2D eigenvalue weighted by atomic mass is 32.3. The average molecular weight is 212 g/mol. The number of hydrogen-bond acceptors (Lipinski definition) is 3.